The number of hydrogen-bond acceptors (Lipinski definition) is 6. The fourth-order valence-corrected chi connectivity index (χ4v) is 2.77. The molecule has 1 aliphatic rings. The minimum absolute atomic E-state index is 0.00837. The summed E-state index contributed by atoms with van der Waals surface area (Å²) in [7, 11) is 0. The summed E-state index contributed by atoms with van der Waals surface area (Å²) in [6, 6.07) is 1.69. The highest BCUT2D eigenvalue weighted by Crippen LogP contribution is 2.24. The van der Waals surface area contributed by atoms with E-state index in [1.54, 1.807) is 18.5 Å². The van der Waals surface area contributed by atoms with Gasteiger partial charge in [0.2, 0.25) is 5.76 Å². The second-order valence-electron chi connectivity index (χ2n) is 6.77. The molecule has 1 N–H and O–H groups in total. The van der Waals surface area contributed by atoms with Crippen LogP contribution in [0.3, 0.4) is 0 Å². The van der Waals surface area contributed by atoms with Crippen molar-refractivity contribution in [2.24, 2.45) is 5.92 Å². The van der Waals surface area contributed by atoms with Crippen molar-refractivity contribution < 1.29 is 14.1 Å². The van der Waals surface area contributed by atoms with Gasteiger partial charge in [0.1, 0.15) is 6.10 Å². The molecule has 0 spiro atoms. The molecule has 134 valence electrons. The van der Waals surface area contributed by atoms with E-state index in [1.165, 1.54) is 0 Å². The Kier molecular flexibility index (Phi) is 5.75. The Labute approximate surface area is 147 Å². The first-order valence-corrected chi connectivity index (χ1v) is 8.78. The van der Waals surface area contributed by atoms with Crippen LogP contribution < -0.4 is 5.32 Å². The molecular weight excluding hydrogens is 320 g/mol. The van der Waals surface area contributed by atoms with Gasteiger partial charge in [-0.2, -0.15) is 0 Å². The Balaban J connectivity index is 1.52. The van der Waals surface area contributed by atoms with Gasteiger partial charge in [-0.3, -0.25) is 4.79 Å². The molecule has 1 saturated heterocycles. The molecule has 0 aromatic carbocycles. The number of ether oxygens (including phenoxy) is 1. The molecule has 0 radical (unpaired) electrons. The smallest absolute Gasteiger partial charge is 0.290 e. The van der Waals surface area contributed by atoms with Gasteiger partial charge in [-0.05, 0) is 31.6 Å². The first-order valence-electron chi connectivity index (χ1n) is 8.78. The zero-order valence-electron chi connectivity index (χ0n) is 14.7. The molecule has 0 saturated carbocycles. The first-order chi connectivity index (χ1) is 12.1. The van der Waals surface area contributed by atoms with Gasteiger partial charge >= 0.3 is 0 Å². The number of nitrogens with one attached hydrogen (secondary N) is 1. The van der Waals surface area contributed by atoms with Crippen LogP contribution in [0.5, 0.6) is 0 Å². The monoisotopic (exact) mass is 344 g/mol. The Morgan fingerprint density at radius 3 is 2.80 bits per heavy atom. The van der Waals surface area contributed by atoms with Crippen LogP contribution in [0.2, 0.25) is 0 Å². The third kappa shape index (κ3) is 4.85. The summed E-state index contributed by atoms with van der Waals surface area (Å²) in [6.07, 6.45) is 7.43. The standard InChI is InChI=1S/C18H24N4O3/c1-12(2)7-14-8-16(25-22-14)18(23)21-11-13-9-19-17(20-10-13)15-5-3-4-6-24-15/h8-10,12,15H,3-7,11H2,1-2H3,(H,21,23)/t15-/m0/s1. The average molecular weight is 344 g/mol. The van der Waals surface area contributed by atoms with Crippen molar-refractivity contribution >= 4 is 5.91 Å². The van der Waals surface area contributed by atoms with E-state index in [0.29, 0.717) is 18.3 Å². The molecule has 1 amide bonds. The molecule has 2 aromatic rings. The number of carbonyl (C=O) groups excluding carboxylic acids is 1. The largest absolute Gasteiger partial charge is 0.370 e. The Morgan fingerprint density at radius 2 is 2.12 bits per heavy atom. The fraction of sp³-hybridized carbons (Fsp3) is 0.556. The molecule has 7 nitrogen and oxygen atoms in total. The van der Waals surface area contributed by atoms with Crippen LogP contribution in [0.15, 0.2) is 23.0 Å². The van der Waals surface area contributed by atoms with Crippen LogP contribution >= 0.6 is 0 Å². The maximum atomic E-state index is 12.1. The molecule has 1 fully saturated rings. The third-order valence-corrected chi connectivity index (χ3v) is 4.05. The minimum atomic E-state index is -0.290. The van der Waals surface area contributed by atoms with E-state index in [4.69, 9.17) is 9.26 Å². The fourth-order valence-electron chi connectivity index (χ4n) is 2.77. The summed E-state index contributed by atoms with van der Waals surface area (Å²) < 4.78 is 10.8. The van der Waals surface area contributed by atoms with E-state index in [9.17, 15) is 4.79 Å². The summed E-state index contributed by atoms with van der Waals surface area (Å²) in [5, 5.41) is 6.72. The SMILES string of the molecule is CC(C)Cc1cc(C(=O)NCc2cnc([C@@H]3CCCCO3)nc2)on1. The van der Waals surface area contributed by atoms with Crippen molar-refractivity contribution in [3.8, 4) is 0 Å². The highest BCUT2D eigenvalue weighted by Gasteiger charge is 2.18. The van der Waals surface area contributed by atoms with Crippen LogP contribution in [0.25, 0.3) is 0 Å². The summed E-state index contributed by atoms with van der Waals surface area (Å²) >= 11 is 0. The van der Waals surface area contributed by atoms with Gasteiger partial charge in [0, 0.05) is 37.2 Å². The maximum Gasteiger partial charge on any atom is 0.290 e. The maximum absolute atomic E-state index is 12.1. The molecule has 1 aliphatic heterocycles. The molecule has 1 atom stereocenters. The second-order valence-corrected chi connectivity index (χ2v) is 6.77. The predicted octanol–water partition coefficient (Wildman–Crippen LogP) is 2.83. The van der Waals surface area contributed by atoms with Crippen LogP contribution in [0.4, 0.5) is 0 Å². The van der Waals surface area contributed by atoms with Gasteiger partial charge in [0.25, 0.3) is 5.91 Å². The first kappa shape index (κ1) is 17.5. The second kappa shape index (κ2) is 8.20. The minimum Gasteiger partial charge on any atom is -0.370 e. The van der Waals surface area contributed by atoms with Crippen LogP contribution in [-0.4, -0.2) is 27.6 Å². The number of amides is 1. The van der Waals surface area contributed by atoms with Crippen molar-refractivity contribution in [2.45, 2.75) is 52.2 Å². The molecule has 2 aromatic heterocycles. The average Bonchev–Trinajstić information content (AvgIpc) is 3.09. The van der Waals surface area contributed by atoms with Gasteiger partial charge < -0.3 is 14.6 Å². The van der Waals surface area contributed by atoms with Crippen LogP contribution in [0.1, 0.15) is 66.9 Å². The summed E-state index contributed by atoms with van der Waals surface area (Å²) in [5.41, 5.74) is 1.62. The summed E-state index contributed by atoms with van der Waals surface area (Å²) in [4.78, 5) is 20.9. The molecule has 0 bridgehead atoms. The van der Waals surface area contributed by atoms with E-state index < -0.39 is 0 Å². The number of rotatable bonds is 6. The zero-order valence-corrected chi connectivity index (χ0v) is 14.7. The van der Waals surface area contributed by atoms with Crippen molar-refractivity contribution in [1.29, 1.82) is 0 Å². The Hall–Kier alpha value is -2.28. The van der Waals surface area contributed by atoms with E-state index in [0.717, 1.165) is 43.5 Å². The van der Waals surface area contributed by atoms with Crippen molar-refractivity contribution in [2.75, 3.05) is 6.61 Å². The third-order valence-electron chi connectivity index (χ3n) is 4.05. The predicted molar refractivity (Wildman–Crippen MR) is 90.8 cm³/mol. The number of carbonyl (C=O) groups is 1. The van der Waals surface area contributed by atoms with Gasteiger partial charge in [-0.15, -0.1) is 0 Å². The van der Waals surface area contributed by atoms with Gasteiger partial charge in [-0.25, -0.2) is 9.97 Å². The van der Waals surface area contributed by atoms with E-state index in [2.05, 4.69) is 34.3 Å². The molecule has 3 heterocycles. The van der Waals surface area contributed by atoms with Gasteiger partial charge in [0.05, 0.1) is 5.69 Å². The molecule has 0 unspecified atom stereocenters. The topological polar surface area (TPSA) is 90.1 Å². The van der Waals surface area contributed by atoms with E-state index >= 15 is 0 Å². The number of nitrogens with zero attached hydrogens (tertiary/aromatic N) is 3. The lowest BCUT2D eigenvalue weighted by Crippen LogP contribution is -2.22. The molecule has 3 rings (SSSR count). The van der Waals surface area contributed by atoms with E-state index in [-0.39, 0.29) is 17.8 Å². The quantitative estimate of drug-likeness (QED) is 0.866. The molecule has 0 aliphatic carbocycles. The zero-order chi connectivity index (χ0) is 17.6. The highest BCUT2D eigenvalue weighted by atomic mass is 16.5. The number of aromatic nitrogens is 3. The lowest BCUT2D eigenvalue weighted by molar-refractivity contribution is 0.00940. The van der Waals surface area contributed by atoms with Crippen LogP contribution in [-0.2, 0) is 17.7 Å². The summed E-state index contributed by atoms with van der Waals surface area (Å²) in [5.74, 6) is 1.11. The molecule has 7 heteroatoms. The van der Waals surface area contributed by atoms with Crippen molar-refractivity contribution in [3.05, 3.63) is 41.3 Å². The van der Waals surface area contributed by atoms with Gasteiger partial charge in [-0.1, -0.05) is 19.0 Å². The lowest BCUT2D eigenvalue weighted by atomic mass is 10.1. The molecular formula is C18H24N4O3. The normalized spacial score (nSPS) is 17.6. The Bertz CT molecular complexity index is 691. The van der Waals surface area contributed by atoms with E-state index in [1.807, 2.05) is 0 Å². The lowest BCUT2D eigenvalue weighted by Gasteiger charge is -2.21. The van der Waals surface area contributed by atoms with Gasteiger partial charge in [0.15, 0.2) is 5.82 Å². The summed E-state index contributed by atoms with van der Waals surface area (Å²) in [6.45, 7) is 5.29. The Morgan fingerprint density at radius 1 is 1.32 bits per heavy atom. The van der Waals surface area contributed by atoms with Crippen molar-refractivity contribution in [1.82, 2.24) is 20.4 Å². The van der Waals surface area contributed by atoms with Crippen LogP contribution in [0, 0.1) is 5.92 Å². The number of hydrogen-bond donors (Lipinski definition) is 1. The highest BCUT2D eigenvalue weighted by molar-refractivity contribution is 5.91. The van der Waals surface area contributed by atoms with Crippen molar-refractivity contribution in [3.63, 3.8) is 0 Å². The molecule has 25 heavy (non-hydrogen) atoms.